The number of aliphatic hydroxyl groups is 1. The van der Waals surface area contributed by atoms with Crippen molar-refractivity contribution in [2.45, 2.75) is 31.7 Å². The first-order valence-electron chi connectivity index (χ1n) is 6.42. The standard InChI is InChI=1S/C14H21NO2/c16-9-7-12-3-5-14(6-4-12)15-13-2-1-10-17-11-8-13/h3-6,13,15-16H,1-2,7-11H2. The molecule has 2 rings (SSSR count). The maximum atomic E-state index is 8.85. The third kappa shape index (κ3) is 4.02. The predicted octanol–water partition coefficient (Wildman–Crippen LogP) is 2.20. The van der Waals surface area contributed by atoms with Crippen LogP contribution in [0.5, 0.6) is 0 Å². The Morgan fingerprint density at radius 1 is 1.18 bits per heavy atom. The molecule has 1 atom stereocenters. The van der Waals surface area contributed by atoms with Crippen LogP contribution in [0.2, 0.25) is 0 Å². The van der Waals surface area contributed by atoms with Gasteiger partial charge in [0.1, 0.15) is 0 Å². The summed E-state index contributed by atoms with van der Waals surface area (Å²) in [6.45, 7) is 1.97. The fraction of sp³-hybridized carbons (Fsp3) is 0.571. The van der Waals surface area contributed by atoms with Crippen LogP contribution >= 0.6 is 0 Å². The van der Waals surface area contributed by atoms with E-state index in [1.807, 2.05) is 0 Å². The van der Waals surface area contributed by atoms with Crippen LogP contribution in [0.1, 0.15) is 24.8 Å². The zero-order chi connectivity index (χ0) is 11.9. The van der Waals surface area contributed by atoms with E-state index in [2.05, 4.69) is 29.6 Å². The van der Waals surface area contributed by atoms with Crippen molar-refractivity contribution in [3.05, 3.63) is 29.8 Å². The molecule has 1 aliphatic rings. The Kier molecular flexibility index (Phi) is 4.83. The van der Waals surface area contributed by atoms with Gasteiger partial charge in [-0.2, -0.15) is 0 Å². The maximum Gasteiger partial charge on any atom is 0.0485 e. The van der Waals surface area contributed by atoms with Gasteiger partial charge in [-0.3, -0.25) is 0 Å². The molecule has 94 valence electrons. The van der Waals surface area contributed by atoms with Gasteiger partial charge in [-0.1, -0.05) is 12.1 Å². The Morgan fingerprint density at radius 3 is 2.76 bits per heavy atom. The van der Waals surface area contributed by atoms with Crippen molar-refractivity contribution in [2.75, 3.05) is 25.1 Å². The van der Waals surface area contributed by atoms with E-state index < -0.39 is 0 Å². The number of nitrogens with one attached hydrogen (secondary N) is 1. The topological polar surface area (TPSA) is 41.5 Å². The molecule has 0 spiro atoms. The Bertz CT molecular complexity index is 315. The van der Waals surface area contributed by atoms with Gasteiger partial charge < -0.3 is 15.2 Å². The zero-order valence-electron chi connectivity index (χ0n) is 10.2. The number of anilines is 1. The van der Waals surface area contributed by atoms with Gasteiger partial charge in [0.05, 0.1) is 0 Å². The van der Waals surface area contributed by atoms with Crippen LogP contribution in [0, 0.1) is 0 Å². The Balaban J connectivity index is 1.88. The Hall–Kier alpha value is -1.06. The van der Waals surface area contributed by atoms with Crippen LogP contribution in [0.4, 0.5) is 5.69 Å². The van der Waals surface area contributed by atoms with Gasteiger partial charge in [0.25, 0.3) is 0 Å². The molecule has 1 heterocycles. The molecule has 1 saturated heterocycles. The highest BCUT2D eigenvalue weighted by Gasteiger charge is 2.11. The highest BCUT2D eigenvalue weighted by Crippen LogP contribution is 2.16. The van der Waals surface area contributed by atoms with E-state index in [0.29, 0.717) is 6.04 Å². The minimum atomic E-state index is 0.215. The molecular weight excluding hydrogens is 214 g/mol. The molecular formula is C14H21NO2. The van der Waals surface area contributed by atoms with E-state index in [1.165, 1.54) is 17.7 Å². The third-order valence-electron chi connectivity index (χ3n) is 3.18. The minimum absolute atomic E-state index is 0.215. The van der Waals surface area contributed by atoms with Crippen LogP contribution in [-0.4, -0.2) is 31.0 Å². The number of hydrogen-bond donors (Lipinski definition) is 2. The van der Waals surface area contributed by atoms with Gasteiger partial charge in [0, 0.05) is 31.5 Å². The van der Waals surface area contributed by atoms with E-state index in [9.17, 15) is 0 Å². The van der Waals surface area contributed by atoms with Gasteiger partial charge >= 0.3 is 0 Å². The number of rotatable bonds is 4. The van der Waals surface area contributed by atoms with Crippen molar-refractivity contribution < 1.29 is 9.84 Å². The summed E-state index contributed by atoms with van der Waals surface area (Å²) in [5.74, 6) is 0. The van der Waals surface area contributed by atoms with Crippen molar-refractivity contribution in [3.8, 4) is 0 Å². The van der Waals surface area contributed by atoms with Crippen LogP contribution in [-0.2, 0) is 11.2 Å². The molecule has 1 unspecified atom stereocenters. The number of benzene rings is 1. The second-order valence-corrected chi connectivity index (χ2v) is 4.56. The molecule has 1 aliphatic heterocycles. The Morgan fingerprint density at radius 2 is 2.00 bits per heavy atom. The molecule has 0 aromatic heterocycles. The van der Waals surface area contributed by atoms with E-state index in [-0.39, 0.29) is 6.61 Å². The van der Waals surface area contributed by atoms with Gasteiger partial charge in [-0.25, -0.2) is 0 Å². The number of hydrogen-bond acceptors (Lipinski definition) is 3. The summed E-state index contributed by atoms with van der Waals surface area (Å²) >= 11 is 0. The fourth-order valence-corrected chi connectivity index (χ4v) is 2.18. The van der Waals surface area contributed by atoms with E-state index in [4.69, 9.17) is 9.84 Å². The molecule has 2 N–H and O–H groups in total. The lowest BCUT2D eigenvalue weighted by atomic mass is 10.1. The molecule has 1 fully saturated rings. The smallest absolute Gasteiger partial charge is 0.0485 e. The quantitative estimate of drug-likeness (QED) is 0.840. The Labute approximate surface area is 103 Å². The van der Waals surface area contributed by atoms with E-state index in [0.717, 1.165) is 32.5 Å². The summed E-state index contributed by atoms with van der Waals surface area (Å²) in [6, 6.07) is 8.87. The second-order valence-electron chi connectivity index (χ2n) is 4.56. The predicted molar refractivity (Wildman–Crippen MR) is 69.3 cm³/mol. The highest BCUT2D eigenvalue weighted by molar-refractivity contribution is 5.45. The van der Waals surface area contributed by atoms with Gasteiger partial charge in [-0.05, 0) is 43.4 Å². The largest absolute Gasteiger partial charge is 0.396 e. The normalized spacial score (nSPS) is 20.9. The molecule has 17 heavy (non-hydrogen) atoms. The summed E-state index contributed by atoms with van der Waals surface area (Å²) in [6.07, 6.45) is 4.13. The van der Waals surface area contributed by atoms with Crippen LogP contribution < -0.4 is 5.32 Å². The van der Waals surface area contributed by atoms with E-state index in [1.54, 1.807) is 0 Å². The molecule has 0 amide bonds. The van der Waals surface area contributed by atoms with Crippen molar-refractivity contribution in [3.63, 3.8) is 0 Å². The fourth-order valence-electron chi connectivity index (χ4n) is 2.18. The molecule has 1 aromatic rings. The molecule has 0 saturated carbocycles. The average Bonchev–Trinajstić information content (AvgIpc) is 2.61. The van der Waals surface area contributed by atoms with Gasteiger partial charge in [-0.15, -0.1) is 0 Å². The maximum absolute atomic E-state index is 8.85. The van der Waals surface area contributed by atoms with Crippen molar-refractivity contribution >= 4 is 5.69 Å². The van der Waals surface area contributed by atoms with Crippen LogP contribution in [0.15, 0.2) is 24.3 Å². The first kappa shape index (κ1) is 12.4. The molecule has 0 aliphatic carbocycles. The first-order valence-corrected chi connectivity index (χ1v) is 6.42. The summed E-state index contributed by atoms with van der Waals surface area (Å²) in [4.78, 5) is 0. The summed E-state index contributed by atoms with van der Waals surface area (Å²) in [5.41, 5.74) is 2.35. The van der Waals surface area contributed by atoms with Crippen molar-refractivity contribution in [1.82, 2.24) is 0 Å². The molecule has 0 bridgehead atoms. The van der Waals surface area contributed by atoms with E-state index >= 15 is 0 Å². The molecule has 3 heteroatoms. The molecule has 1 aromatic carbocycles. The number of ether oxygens (including phenoxy) is 1. The lowest BCUT2D eigenvalue weighted by Crippen LogP contribution is -2.19. The van der Waals surface area contributed by atoms with Crippen molar-refractivity contribution in [2.24, 2.45) is 0 Å². The molecule has 3 nitrogen and oxygen atoms in total. The highest BCUT2D eigenvalue weighted by atomic mass is 16.5. The lowest BCUT2D eigenvalue weighted by molar-refractivity contribution is 0.144. The number of aliphatic hydroxyl groups excluding tert-OH is 1. The second kappa shape index (κ2) is 6.62. The summed E-state index contributed by atoms with van der Waals surface area (Å²) in [7, 11) is 0. The van der Waals surface area contributed by atoms with Crippen molar-refractivity contribution in [1.29, 1.82) is 0 Å². The monoisotopic (exact) mass is 235 g/mol. The van der Waals surface area contributed by atoms with Crippen LogP contribution in [0.3, 0.4) is 0 Å². The third-order valence-corrected chi connectivity index (χ3v) is 3.18. The van der Waals surface area contributed by atoms with Gasteiger partial charge in [0.2, 0.25) is 0 Å². The zero-order valence-corrected chi connectivity index (χ0v) is 10.2. The average molecular weight is 235 g/mol. The lowest BCUT2D eigenvalue weighted by Gasteiger charge is -2.17. The molecule has 0 radical (unpaired) electrons. The first-order chi connectivity index (χ1) is 8.38. The SMILES string of the molecule is OCCc1ccc(NC2CCCOCC2)cc1. The summed E-state index contributed by atoms with van der Waals surface area (Å²) < 4.78 is 5.45. The minimum Gasteiger partial charge on any atom is -0.396 e. The van der Waals surface area contributed by atoms with Gasteiger partial charge in [0.15, 0.2) is 0 Å². The summed E-state index contributed by atoms with van der Waals surface area (Å²) in [5, 5.41) is 12.4. The van der Waals surface area contributed by atoms with Crippen LogP contribution in [0.25, 0.3) is 0 Å².